The van der Waals surface area contributed by atoms with Crippen LogP contribution in [0, 0.1) is 11.3 Å². The van der Waals surface area contributed by atoms with Gasteiger partial charge in [0.15, 0.2) is 0 Å². The number of thiocarbonyl (C=S) groups is 1. The van der Waals surface area contributed by atoms with Gasteiger partial charge in [0.1, 0.15) is 16.8 Å². The summed E-state index contributed by atoms with van der Waals surface area (Å²) >= 11 is 6.52. The zero-order valence-corrected chi connectivity index (χ0v) is 9.44. The van der Waals surface area contributed by atoms with Gasteiger partial charge < -0.3 is 4.72 Å². The first kappa shape index (κ1) is 10.4. The van der Waals surface area contributed by atoms with Crippen molar-refractivity contribution in [3.8, 4) is 6.07 Å². The summed E-state index contributed by atoms with van der Waals surface area (Å²) < 4.78 is 5.11. The molecule has 1 fully saturated rings. The second-order valence-electron chi connectivity index (χ2n) is 3.08. The molecule has 1 aliphatic heterocycles. The van der Waals surface area contributed by atoms with Gasteiger partial charge in [0.05, 0.1) is 6.54 Å². The molecular weight excluding hydrogens is 228 g/mol. The average molecular weight is 236 g/mol. The van der Waals surface area contributed by atoms with Crippen molar-refractivity contribution in [2.45, 2.75) is 6.54 Å². The fourth-order valence-electron chi connectivity index (χ4n) is 1.27. The van der Waals surface area contributed by atoms with Crippen LogP contribution in [0.1, 0.15) is 11.3 Å². The van der Waals surface area contributed by atoms with Crippen LogP contribution in [0.15, 0.2) is 18.3 Å². The Hall–Kier alpha value is -1.16. The normalized spacial score (nSPS) is 16.1. The van der Waals surface area contributed by atoms with Gasteiger partial charge in [-0.2, -0.15) is 5.26 Å². The van der Waals surface area contributed by atoms with Crippen LogP contribution in [0.25, 0.3) is 0 Å². The molecule has 0 saturated carbocycles. The molecule has 1 N–H and O–H groups in total. The lowest BCUT2D eigenvalue weighted by Crippen LogP contribution is -2.14. The molecule has 2 heterocycles. The number of nitriles is 1. The SMILES string of the molecule is N#Cc1cc(CN2CC(=S)NS2)ccn1. The summed E-state index contributed by atoms with van der Waals surface area (Å²) in [6, 6.07) is 5.72. The second kappa shape index (κ2) is 4.57. The Morgan fingerprint density at radius 3 is 3.27 bits per heavy atom. The van der Waals surface area contributed by atoms with Crippen LogP contribution in [-0.2, 0) is 6.54 Å². The summed E-state index contributed by atoms with van der Waals surface area (Å²) in [5.41, 5.74) is 1.52. The molecule has 0 aromatic carbocycles. The second-order valence-corrected chi connectivity index (χ2v) is 4.47. The van der Waals surface area contributed by atoms with Gasteiger partial charge in [-0.25, -0.2) is 9.29 Å². The molecular formula is C9H8N4S2. The van der Waals surface area contributed by atoms with Crippen molar-refractivity contribution in [1.29, 1.82) is 5.26 Å². The van der Waals surface area contributed by atoms with Crippen molar-refractivity contribution >= 4 is 29.3 Å². The van der Waals surface area contributed by atoms with E-state index in [0.717, 1.165) is 23.6 Å². The van der Waals surface area contributed by atoms with Crippen LogP contribution in [0.5, 0.6) is 0 Å². The number of nitrogens with one attached hydrogen (secondary N) is 1. The van der Waals surface area contributed by atoms with Gasteiger partial charge in [-0.1, -0.05) is 12.2 Å². The van der Waals surface area contributed by atoms with Crippen molar-refractivity contribution in [3.63, 3.8) is 0 Å². The third-order valence-electron chi connectivity index (χ3n) is 1.91. The third-order valence-corrected chi connectivity index (χ3v) is 3.12. The third kappa shape index (κ3) is 2.65. The molecule has 1 aromatic heterocycles. The van der Waals surface area contributed by atoms with Gasteiger partial charge in [0, 0.05) is 24.9 Å². The van der Waals surface area contributed by atoms with Crippen LogP contribution in [-0.4, -0.2) is 20.8 Å². The number of rotatable bonds is 2. The van der Waals surface area contributed by atoms with Crippen molar-refractivity contribution < 1.29 is 0 Å². The fourth-order valence-corrected chi connectivity index (χ4v) is 2.32. The van der Waals surface area contributed by atoms with Gasteiger partial charge >= 0.3 is 0 Å². The van der Waals surface area contributed by atoms with Crippen LogP contribution < -0.4 is 4.72 Å². The van der Waals surface area contributed by atoms with Gasteiger partial charge in [-0.05, 0) is 17.7 Å². The molecule has 0 spiro atoms. The summed E-state index contributed by atoms with van der Waals surface area (Å²) in [4.78, 5) is 4.76. The Labute approximate surface area is 97.6 Å². The number of hydrogen-bond acceptors (Lipinski definition) is 5. The standard InChI is InChI=1S/C9H8N4S2/c10-4-8-3-7(1-2-11-8)5-13-6-9(14)12-15-13/h1-3H,5-6H2,(H,12,14). The van der Waals surface area contributed by atoms with Crippen LogP contribution in [0.2, 0.25) is 0 Å². The van der Waals surface area contributed by atoms with Crippen LogP contribution in [0.3, 0.4) is 0 Å². The van der Waals surface area contributed by atoms with Gasteiger partial charge in [-0.15, -0.1) is 0 Å². The van der Waals surface area contributed by atoms with E-state index in [0.29, 0.717) is 5.69 Å². The van der Waals surface area contributed by atoms with Crippen molar-refractivity contribution in [2.24, 2.45) is 0 Å². The van der Waals surface area contributed by atoms with E-state index < -0.39 is 0 Å². The summed E-state index contributed by atoms with van der Waals surface area (Å²) in [6.45, 7) is 1.51. The highest BCUT2D eigenvalue weighted by molar-refractivity contribution is 7.97. The summed E-state index contributed by atoms with van der Waals surface area (Å²) in [7, 11) is 0. The maximum Gasteiger partial charge on any atom is 0.140 e. The van der Waals surface area contributed by atoms with Crippen LogP contribution >= 0.6 is 24.4 Å². The Balaban J connectivity index is 2.05. The minimum Gasteiger partial charge on any atom is -0.310 e. The molecule has 2 rings (SSSR count). The predicted molar refractivity (Wildman–Crippen MR) is 62.7 cm³/mol. The maximum atomic E-state index is 8.70. The molecule has 0 atom stereocenters. The van der Waals surface area contributed by atoms with Crippen molar-refractivity contribution in [2.75, 3.05) is 6.54 Å². The smallest absolute Gasteiger partial charge is 0.140 e. The zero-order valence-electron chi connectivity index (χ0n) is 7.80. The summed E-state index contributed by atoms with van der Waals surface area (Å²) in [6.07, 6.45) is 1.65. The molecule has 0 unspecified atom stereocenters. The van der Waals surface area contributed by atoms with Gasteiger partial charge in [0.2, 0.25) is 0 Å². The molecule has 1 aromatic rings. The molecule has 0 radical (unpaired) electrons. The number of nitrogens with zero attached hydrogens (tertiary/aromatic N) is 3. The molecule has 1 saturated heterocycles. The molecule has 0 amide bonds. The van der Waals surface area contributed by atoms with E-state index in [4.69, 9.17) is 17.5 Å². The van der Waals surface area contributed by atoms with Crippen molar-refractivity contribution in [1.82, 2.24) is 14.0 Å². The minimum atomic E-state index is 0.451. The minimum absolute atomic E-state index is 0.451. The molecule has 15 heavy (non-hydrogen) atoms. The Morgan fingerprint density at radius 2 is 2.60 bits per heavy atom. The number of aromatic nitrogens is 1. The Kier molecular flexibility index (Phi) is 3.16. The first-order valence-electron chi connectivity index (χ1n) is 4.34. The largest absolute Gasteiger partial charge is 0.310 e. The first-order valence-corrected chi connectivity index (χ1v) is 5.52. The molecule has 6 heteroatoms. The Morgan fingerprint density at radius 1 is 1.73 bits per heavy atom. The first-order chi connectivity index (χ1) is 7.28. The average Bonchev–Trinajstić information content (AvgIpc) is 2.64. The van der Waals surface area contributed by atoms with Crippen molar-refractivity contribution in [3.05, 3.63) is 29.6 Å². The molecule has 1 aliphatic rings. The van der Waals surface area contributed by atoms with E-state index in [1.54, 1.807) is 12.3 Å². The highest BCUT2D eigenvalue weighted by atomic mass is 32.2. The molecule has 0 bridgehead atoms. The predicted octanol–water partition coefficient (Wildman–Crippen LogP) is 1.25. The van der Waals surface area contributed by atoms with Crippen LogP contribution in [0.4, 0.5) is 0 Å². The summed E-state index contributed by atoms with van der Waals surface area (Å²) in [5, 5.41) is 8.70. The molecule has 4 nitrogen and oxygen atoms in total. The number of hydrogen-bond donors (Lipinski definition) is 1. The zero-order chi connectivity index (χ0) is 10.7. The molecule has 76 valence electrons. The van der Waals surface area contributed by atoms with E-state index in [1.807, 2.05) is 12.1 Å². The van der Waals surface area contributed by atoms with Gasteiger partial charge in [0.25, 0.3) is 0 Å². The highest BCUT2D eigenvalue weighted by Crippen LogP contribution is 2.17. The quantitative estimate of drug-likeness (QED) is 0.616. The lowest BCUT2D eigenvalue weighted by Gasteiger charge is -2.10. The van der Waals surface area contributed by atoms with E-state index >= 15 is 0 Å². The molecule has 0 aliphatic carbocycles. The summed E-state index contributed by atoms with van der Waals surface area (Å²) in [5.74, 6) is 0. The maximum absolute atomic E-state index is 8.70. The van der Waals surface area contributed by atoms with E-state index in [-0.39, 0.29) is 0 Å². The fraction of sp³-hybridized carbons (Fsp3) is 0.222. The monoisotopic (exact) mass is 236 g/mol. The topological polar surface area (TPSA) is 52.0 Å². The van der Waals surface area contributed by atoms with E-state index in [9.17, 15) is 0 Å². The van der Waals surface area contributed by atoms with E-state index in [2.05, 4.69) is 14.0 Å². The van der Waals surface area contributed by atoms with E-state index in [1.165, 1.54) is 12.1 Å². The van der Waals surface area contributed by atoms with Gasteiger partial charge in [-0.3, -0.25) is 0 Å². The lowest BCUT2D eigenvalue weighted by atomic mass is 10.2. The highest BCUT2D eigenvalue weighted by Gasteiger charge is 2.16. The lowest BCUT2D eigenvalue weighted by molar-refractivity contribution is 0.542. The number of pyridine rings is 1. The Bertz CT molecular complexity index is 426.